The van der Waals surface area contributed by atoms with Crippen molar-refractivity contribution in [3.8, 4) is 39.7 Å². The standard InChI is InChI=1S/C44H26N4/c1-46-36-21-12-14-29(28-45)43(36)44-35(20-13-27-42(44)48-39-24-9-4-17-32(39)33-18-5-10-25-40(33)48)34-19-6-11-26-41(34)47-37-22-7-2-15-30(37)31-16-3-8-23-38(31)47/h2-27H. The summed E-state index contributed by atoms with van der Waals surface area (Å²) in [4.78, 5) is 3.98. The minimum Gasteiger partial charge on any atom is -0.309 e. The molecule has 9 aromatic rings. The Kier molecular flexibility index (Phi) is 6.22. The minimum absolute atomic E-state index is 0.442. The molecule has 0 bridgehead atoms. The zero-order chi connectivity index (χ0) is 32.2. The third-order valence-electron chi connectivity index (χ3n) is 9.41. The van der Waals surface area contributed by atoms with E-state index in [0.717, 1.165) is 60.9 Å². The maximum atomic E-state index is 10.5. The quantitative estimate of drug-likeness (QED) is 0.183. The molecule has 4 heteroatoms. The van der Waals surface area contributed by atoms with Gasteiger partial charge in [-0.05, 0) is 48.0 Å². The van der Waals surface area contributed by atoms with Crippen molar-refractivity contribution in [2.45, 2.75) is 0 Å². The van der Waals surface area contributed by atoms with Gasteiger partial charge in [0.2, 0.25) is 0 Å². The molecule has 4 nitrogen and oxygen atoms in total. The Morgan fingerprint density at radius 1 is 0.438 bits per heavy atom. The lowest BCUT2D eigenvalue weighted by Gasteiger charge is -2.22. The fourth-order valence-electron chi connectivity index (χ4n) is 7.46. The van der Waals surface area contributed by atoms with Gasteiger partial charge in [-0.15, -0.1) is 0 Å². The number of hydrogen-bond acceptors (Lipinski definition) is 1. The molecule has 0 atom stereocenters. The first-order valence-corrected chi connectivity index (χ1v) is 15.9. The number of benzene rings is 7. The summed E-state index contributed by atoms with van der Waals surface area (Å²) in [5, 5.41) is 15.2. The van der Waals surface area contributed by atoms with Crippen LogP contribution in [0, 0.1) is 17.9 Å². The fourth-order valence-corrected chi connectivity index (χ4v) is 7.46. The molecule has 0 fully saturated rings. The Hall–Kier alpha value is -6.88. The van der Waals surface area contributed by atoms with Gasteiger partial charge in [-0.2, -0.15) is 5.26 Å². The van der Waals surface area contributed by atoms with E-state index in [1.807, 2.05) is 12.1 Å². The van der Waals surface area contributed by atoms with Crippen molar-refractivity contribution in [1.82, 2.24) is 9.13 Å². The second kappa shape index (κ2) is 10.9. The van der Waals surface area contributed by atoms with Crippen molar-refractivity contribution in [2.24, 2.45) is 0 Å². The van der Waals surface area contributed by atoms with Crippen LogP contribution in [-0.2, 0) is 0 Å². The monoisotopic (exact) mass is 610 g/mol. The number of nitriles is 1. The first kappa shape index (κ1) is 27.4. The Bertz CT molecular complexity index is 2680. The lowest BCUT2D eigenvalue weighted by molar-refractivity contribution is 1.17. The third kappa shape index (κ3) is 3.94. The van der Waals surface area contributed by atoms with Crippen LogP contribution in [0.25, 0.3) is 82.1 Å². The summed E-state index contributed by atoms with van der Waals surface area (Å²) < 4.78 is 4.62. The van der Waals surface area contributed by atoms with Crippen molar-refractivity contribution >= 4 is 49.3 Å². The van der Waals surface area contributed by atoms with Crippen LogP contribution >= 0.6 is 0 Å². The highest BCUT2D eigenvalue weighted by Crippen LogP contribution is 2.47. The van der Waals surface area contributed by atoms with Gasteiger partial charge in [-0.25, -0.2) is 4.85 Å². The third-order valence-corrected chi connectivity index (χ3v) is 9.41. The van der Waals surface area contributed by atoms with E-state index >= 15 is 0 Å². The smallest absolute Gasteiger partial charge is 0.196 e. The summed E-state index contributed by atoms with van der Waals surface area (Å²) in [6.45, 7) is 8.23. The Morgan fingerprint density at radius 2 is 0.875 bits per heavy atom. The van der Waals surface area contributed by atoms with E-state index in [9.17, 15) is 5.26 Å². The summed E-state index contributed by atoms with van der Waals surface area (Å²) in [5.41, 5.74) is 10.6. The van der Waals surface area contributed by atoms with Crippen LogP contribution in [0.2, 0.25) is 0 Å². The van der Waals surface area contributed by atoms with Gasteiger partial charge in [0, 0.05) is 43.8 Å². The normalized spacial score (nSPS) is 11.3. The van der Waals surface area contributed by atoms with Crippen LogP contribution < -0.4 is 0 Å². The maximum absolute atomic E-state index is 10.5. The zero-order valence-corrected chi connectivity index (χ0v) is 25.8. The molecule has 2 heterocycles. The molecular weight excluding hydrogens is 585 g/mol. The van der Waals surface area contributed by atoms with Gasteiger partial charge in [0.1, 0.15) is 0 Å². The van der Waals surface area contributed by atoms with Gasteiger partial charge < -0.3 is 9.13 Å². The molecule has 0 aliphatic heterocycles. The van der Waals surface area contributed by atoms with Gasteiger partial charge >= 0.3 is 0 Å². The molecular formula is C44H26N4. The molecule has 0 aliphatic rings. The molecule has 0 aliphatic carbocycles. The molecule has 0 saturated heterocycles. The van der Waals surface area contributed by atoms with Crippen molar-refractivity contribution in [2.75, 3.05) is 0 Å². The summed E-state index contributed by atoms with van der Waals surface area (Å²) >= 11 is 0. The number of fused-ring (bicyclic) bond motifs is 6. The van der Waals surface area contributed by atoms with Crippen molar-refractivity contribution in [3.05, 3.63) is 175 Å². The van der Waals surface area contributed by atoms with E-state index in [1.54, 1.807) is 6.07 Å². The highest BCUT2D eigenvalue weighted by Gasteiger charge is 2.24. The maximum Gasteiger partial charge on any atom is 0.196 e. The van der Waals surface area contributed by atoms with Crippen LogP contribution in [0.3, 0.4) is 0 Å². The zero-order valence-electron chi connectivity index (χ0n) is 25.8. The molecule has 0 amide bonds. The summed E-state index contributed by atoms with van der Waals surface area (Å²) in [5.74, 6) is 0. The molecule has 0 saturated carbocycles. The average molecular weight is 611 g/mol. The summed E-state index contributed by atoms with van der Waals surface area (Å²) in [7, 11) is 0. The second-order valence-corrected chi connectivity index (χ2v) is 11.9. The summed E-state index contributed by atoms with van der Waals surface area (Å²) in [6.07, 6.45) is 0. The van der Waals surface area contributed by atoms with Crippen molar-refractivity contribution in [1.29, 1.82) is 5.26 Å². The number of rotatable bonds is 4. The minimum atomic E-state index is 0.442. The SMILES string of the molecule is [C-]#[N+]c1cccc(C#N)c1-c1c(-c2ccccc2-n2c3ccccc3c3ccccc32)cccc1-n1c2ccccc2c2ccccc21. The molecule has 0 spiro atoms. The average Bonchev–Trinajstić information content (AvgIpc) is 3.67. The van der Waals surface area contributed by atoms with Gasteiger partial charge in [0.05, 0.1) is 46.1 Å². The molecule has 48 heavy (non-hydrogen) atoms. The molecule has 0 radical (unpaired) electrons. The number of hydrogen-bond donors (Lipinski definition) is 0. The van der Waals surface area contributed by atoms with E-state index < -0.39 is 0 Å². The topological polar surface area (TPSA) is 38.0 Å². The largest absolute Gasteiger partial charge is 0.309 e. The van der Waals surface area contributed by atoms with Crippen molar-refractivity contribution < 1.29 is 0 Å². The lowest BCUT2D eigenvalue weighted by Crippen LogP contribution is -2.03. The fraction of sp³-hybridized carbons (Fsp3) is 0. The highest BCUT2D eigenvalue weighted by atomic mass is 15.0. The van der Waals surface area contributed by atoms with Gasteiger partial charge in [0.25, 0.3) is 0 Å². The predicted molar refractivity (Wildman–Crippen MR) is 197 cm³/mol. The first-order chi connectivity index (χ1) is 23.8. The van der Waals surface area contributed by atoms with E-state index in [-0.39, 0.29) is 0 Å². The molecule has 9 rings (SSSR count). The Balaban J connectivity index is 1.46. The molecule has 0 unspecified atom stereocenters. The molecule has 2 aromatic heterocycles. The van der Waals surface area contributed by atoms with Crippen LogP contribution in [0.1, 0.15) is 5.56 Å². The first-order valence-electron chi connectivity index (χ1n) is 15.9. The summed E-state index contributed by atoms with van der Waals surface area (Å²) in [6, 6.07) is 56.5. The second-order valence-electron chi connectivity index (χ2n) is 11.9. The van der Waals surface area contributed by atoms with E-state index in [2.05, 4.69) is 160 Å². The molecule has 0 N–H and O–H groups in total. The van der Waals surface area contributed by atoms with E-state index in [0.29, 0.717) is 16.8 Å². The number of aromatic nitrogens is 2. The van der Waals surface area contributed by atoms with E-state index in [4.69, 9.17) is 6.57 Å². The lowest BCUT2D eigenvalue weighted by atomic mass is 9.88. The Labute approximate surface area is 277 Å². The van der Waals surface area contributed by atoms with E-state index in [1.165, 1.54) is 10.8 Å². The van der Waals surface area contributed by atoms with Crippen LogP contribution in [0.4, 0.5) is 5.69 Å². The Morgan fingerprint density at radius 3 is 1.42 bits per heavy atom. The van der Waals surface area contributed by atoms with Crippen LogP contribution in [-0.4, -0.2) is 9.13 Å². The number of para-hydroxylation sites is 5. The van der Waals surface area contributed by atoms with Crippen molar-refractivity contribution in [3.63, 3.8) is 0 Å². The molecule has 222 valence electrons. The van der Waals surface area contributed by atoms with Gasteiger partial charge in [0.15, 0.2) is 5.69 Å². The predicted octanol–water partition coefficient (Wildman–Crippen LogP) is 11.6. The van der Waals surface area contributed by atoms with Gasteiger partial charge in [-0.1, -0.05) is 115 Å². The van der Waals surface area contributed by atoms with Gasteiger partial charge in [-0.3, -0.25) is 0 Å². The molecule has 7 aromatic carbocycles. The number of nitrogens with zero attached hydrogens (tertiary/aromatic N) is 4. The highest BCUT2D eigenvalue weighted by molar-refractivity contribution is 6.12. The van der Waals surface area contributed by atoms with Crippen LogP contribution in [0.5, 0.6) is 0 Å². The van der Waals surface area contributed by atoms with Crippen LogP contribution in [0.15, 0.2) is 158 Å².